The third-order valence-electron chi connectivity index (χ3n) is 3.44. The summed E-state index contributed by atoms with van der Waals surface area (Å²) in [5.41, 5.74) is -0.892. The lowest BCUT2D eigenvalue weighted by Gasteiger charge is -2.18. The molecular formula is C15H16F3N3O2. The second-order valence-electron chi connectivity index (χ2n) is 4.99. The lowest BCUT2D eigenvalue weighted by molar-refractivity contribution is -0.138. The first-order valence-electron chi connectivity index (χ1n) is 6.79. The van der Waals surface area contributed by atoms with Gasteiger partial charge in [0.25, 0.3) is 0 Å². The fourth-order valence-corrected chi connectivity index (χ4v) is 2.17. The fourth-order valence-electron chi connectivity index (χ4n) is 2.17. The van der Waals surface area contributed by atoms with Gasteiger partial charge < -0.3 is 10.1 Å². The zero-order valence-electron chi connectivity index (χ0n) is 12.8. The highest BCUT2D eigenvalue weighted by Crippen LogP contribution is 2.35. The molecule has 8 heteroatoms. The Morgan fingerprint density at radius 2 is 2.00 bits per heavy atom. The number of nitrogens with zero attached hydrogens (tertiary/aromatic N) is 2. The molecule has 0 fully saturated rings. The second-order valence-corrected chi connectivity index (χ2v) is 4.99. The molecule has 0 aliphatic carbocycles. The summed E-state index contributed by atoms with van der Waals surface area (Å²) >= 11 is 0. The van der Waals surface area contributed by atoms with Gasteiger partial charge in [-0.1, -0.05) is 18.2 Å². The van der Waals surface area contributed by atoms with Gasteiger partial charge in [0.1, 0.15) is 5.82 Å². The van der Waals surface area contributed by atoms with Crippen molar-refractivity contribution in [2.24, 2.45) is 7.05 Å². The number of anilines is 1. The van der Waals surface area contributed by atoms with E-state index < -0.39 is 23.6 Å². The Labute approximate surface area is 131 Å². The molecule has 0 spiro atoms. The van der Waals surface area contributed by atoms with Crippen molar-refractivity contribution < 1.29 is 22.7 Å². The van der Waals surface area contributed by atoms with Crippen molar-refractivity contribution in [2.75, 3.05) is 12.4 Å². The highest BCUT2D eigenvalue weighted by atomic mass is 19.4. The lowest BCUT2D eigenvalue weighted by atomic mass is 9.94. The number of aryl methyl sites for hydroxylation is 1. The molecule has 124 valence electrons. The van der Waals surface area contributed by atoms with E-state index in [-0.39, 0.29) is 5.56 Å². The number of amides is 1. The van der Waals surface area contributed by atoms with Gasteiger partial charge in [0.15, 0.2) is 0 Å². The number of methoxy groups -OCH3 is 1. The number of ether oxygens (including phenoxy) is 1. The Morgan fingerprint density at radius 1 is 1.35 bits per heavy atom. The first kappa shape index (κ1) is 16.9. The summed E-state index contributed by atoms with van der Waals surface area (Å²) < 4.78 is 45.5. The quantitative estimate of drug-likeness (QED) is 0.938. The van der Waals surface area contributed by atoms with Crippen molar-refractivity contribution in [1.29, 1.82) is 0 Å². The molecular weight excluding hydrogens is 311 g/mol. The van der Waals surface area contributed by atoms with Crippen molar-refractivity contribution in [3.8, 4) is 5.88 Å². The van der Waals surface area contributed by atoms with Crippen molar-refractivity contribution >= 4 is 11.7 Å². The van der Waals surface area contributed by atoms with Crippen LogP contribution >= 0.6 is 0 Å². The largest absolute Gasteiger partial charge is 0.480 e. The number of carbonyl (C=O) groups excluding carboxylic acids is 1. The maximum atomic E-state index is 13.0. The summed E-state index contributed by atoms with van der Waals surface area (Å²) in [5, 5.41) is 6.53. The van der Waals surface area contributed by atoms with E-state index in [9.17, 15) is 18.0 Å². The van der Waals surface area contributed by atoms with E-state index in [4.69, 9.17) is 4.74 Å². The Morgan fingerprint density at radius 3 is 2.57 bits per heavy atom. The molecule has 23 heavy (non-hydrogen) atoms. The summed E-state index contributed by atoms with van der Waals surface area (Å²) in [6.45, 7) is 1.42. The summed E-state index contributed by atoms with van der Waals surface area (Å²) in [7, 11) is 3.02. The number of alkyl halides is 3. The van der Waals surface area contributed by atoms with Crippen LogP contribution in [-0.2, 0) is 18.0 Å². The van der Waals surface area contributed by atoms with Crippen LogP contribution in [0, 0.1) is 0 Å². The van der Waals surface area contributed by atoms with Crippen LogP contribution < -0.4 is 10.1 Å². The summed E-state index contributed by atoms with van der Waals surface area (Å²) in [5.74, 6) is -0.907. The molecule has 1 atom stereocenters. The number of benzene rings is 1. The van der Waals surface area contributed by atoms with Gasteiger partial charge in [-0.15, -0.1) is 5.10 Å². The number of aromatic nitrogens is 2. The van der Waals surface area contributed by atoms with Crippen LogP contribution in [0.5, 0.6) is 5.88 Å². The summed E-state index contributed by atoms with van der Waals surface area (Å²) in [6.07, 6.45) is -4.51. The number of carbonyl (C=O) groups is 1. The van der Waals surface area contributed by atoms with Gasteiger partial charge in [-0.25, -0.2) is 4.68 Å². The van der Waals surface area contributed by atoms with Crippen molar-refractivity contribution in [1.82, 2.24) is 9.78 Å². The Bertz CT molecular complexity index is 710. The molecule has 1 amide bonds. The fraction of sp³-hybridized carbons (Fsp3) is 0.333. The number of nitrogens with one attached hydrogen (secondary N) is 1. The molecule has 1 heterocycles. The van der Waals surface area contributed by atoms with Gasteiger partial charge in [0.2, 0.25) is 11.8 Å². The van der Waals surface area contributed by atoms with E-state index in [0.29, 0.717) is 11.7 Å². The van der Waals surface area contributed by atoms with E-state index in [1.54, 1.807) is 7.05 Å². The monoisotopic (exact) mass is 327 g/mol. The summed E-state index contributed by atoms with van der Waals surface area (Å²) in [4.78, 5) is 12.3. The molecule has 0 radical (unpaired) electrons. The lowest BCUT2D eigenvalue weighted by Crippen LogP contribution is -2.23. The second kappa shape index (κ2) is 6.31. The van der Waals surface area contributed by atoms with E-state index in [1.807, 2.05) is 0 Å². The third-order valence-corrected chi connectivity index (χ3v) is 3.44. The van der Waals surface area contributed by atoms with Gasteiger partial charge in [0.05, 0.1) is 18.6 Å². The molecule has 0 aliphatic heterocycles. The minimum Gasteiger partial charge on any atom is -0.480 e. The molecule has 1 aromatic carbocycles. The topological polar surface area (TPSA) is 56.1 Å². The van der Waals surface area contributed by atoms with Gasteiger partial charge in [0, 0.05) is 13.1 Å². The van der Waals surface area contributed by atoms with Crippen LogP contribution in [-0.4, -0.2) is 22.8 Å². The predicted molar refractivity (Wildman–Crippen MR) is 78.2 cm³/mol. The van der Waals surface area contributed by atoms with Gasteiger partial charge in [-0.05, 0) is 18.6 Å². The molecule has 0 aliphatic rings. The third kappa shape index (κ3) is 3.64. The molecule has 1 aromatic heterocycles. The Hall–Kier alpha value is -2.51. The van der Waals surface area contributed by atoms with Crippen LogP contribution in [0.1, 0.15) is 24.0 Å². The van der Waals surface area contributed by atoms with Crippen molar-refractivity contribution in [2.45, 2.75) is 19.0 Å². The predicted octanol–water partition coefficient (Wildman–Crippen LogP) is 3.19. The molecule has 1 unspecified atom stereocenters. The zero-order valence-corrected chi connectivity index (χ0v) is 12.8. The van der Waals surface area contributed by atoms with Crippen LogP contribution in [0.15, 0.2) is 30.3 Å². The standard InChI is InChI=1S/C15H16F3N3O2/c1-9(10-6-4-5-7-11(10)15(16,17)18)14(22)19-12-8-13(23-3)20-21(12)2/h4-9H,1-3H3,(H,19,22). The number of hydrogen-bond donors (Lipinski definition) is 1. The highest BCUT2D eigenvalue weighted by Gasteiger charge is 2.35. The van der Waals surface area contributed by atoms with Gasteiger partial charge >= 0.3 is 6.18 Å². The van der Waals surface area contributed by atoms with E-state index in [0.717, 1.165) is 6.07 Å². The van der Waals surface area contributed by atoms with E-state index in [1.165, 1.54) is 43.0 Å². The Kier molecular flexibility index (Phi) is 4.63. The highest BCUT2D eigenvalue weighted by molar-refractivity contribution is 5.95. The Balaban J connectivity index is 2.25. The van der Waals surface area contributed by atoms with Gasteiger partial charge in [-0.2, -0.15) is 13.2 Å². The van der Waals surface area contributed by atoms with Gasteiger partial charge in [-0.3, -0.25) is 4.79 Å². The number of hydrogen-bond acceptors (Lipinski definition) is 3. The van der Waals surface area contributed by atoms with Crippen LogP contribution in [0.2, 0.25) is 0 Å². The normalized spacial score (nSPS) is 12.8. The molecule has 5 nitrogen and oxygen atoms in total. The van der Waals surface area contributed by atoms with Crippen molar-refractivity contribution in [3.05, 3.63) is 41.5 Å². The maximum Gasteiger partial charge on any atom is 0.416 e. The molecule has 2 rings (SSSR count). The maximum absolute atomic E-state index is 13.0. The molecule has 0 bridgehead atoms. The minimum absolute atomic E-state index is 0.0772. The van der Waals surface area contributed by atoms with Crippen LogP contribution in [0.4, 0.5) is 19.0 Å². The van der Waals surface area contributed by atoms with Crippen LogP contribution in [0.3, 0.4) is 0 Å². The average Bonchev–Trinajstić information content (AvgIpc) is 2.86. The first-order chi connectivity index (χ1) is 10.7. The SMILES string of the molecule is COc1cc(NC(=O)C(C)c2ccccc2C(F)(F)F)n(C)n1. The van der Waals surface area contributed by atoms with E-state index in [2.05, 4.69) is 10.4 Å². The average molecular weight is 327 g/mol. The zero-order chi connectivity index (χ0) is 17.2. The minimum atomic E-state index is -4.51. The van der Waals surface area contributed by atoms with Crippen LogP contribution in [0.25, 0.3) is 0 Å². The number of halogens is 3. The first-order valence-corrected chi connectivity index (χ1v) is 6.79. The summed E-state index contributed by atoms with van der Waals surface area (Å²) in [6, 6.07) is 6.52. The van der Waals surface area contributed by atoms with Crippen molar-refractivity contribution in [3.63, 3.8) is 0 Å². The molecule has 1 N–H and O–H groups in total. The van der Waals surface area contributed by atoms with E-state index >= 15 is 0 Å². The number of rotatable bonds is 4. The molecule has 2 aromatic rings. The molecule has 0 saturated carbocycles. The molecule has 0 saturated heterocycles. The smallest absolute Gasteiger partial charge is 0.416 e.